The summed E-state index contributed by atoms with van der Waals surface area (Å²) in [4.78, 5) is 7.17. The molecule has 1 atom stereocenters. The van der Waals surface area contributed by atoms with Gasteiger partial charge in [0, 0.05) is 0 Å². The van der Waals surface area contributed by atoms with Crippen LogP contribution in [0, 0.1) is 0 Å². The van der Waals surface area contributed by atoms with Crippen LogP contribution in [0.5, 0.6) is 0 Å². The normalized spacial score (nSPS) is 13.9. The van der Waals surface area contributed by atoms with E-state index < -0.39 is 18.0 Å². The molecule has 90 valence electrons. The van der Waals surface area contributed by atoms with Gasteiger partial charge in [0.05, 0.1) is 23.3 Å². The first-order chi connectivity index (χ1) is 7.88. The van der Waals surface area contributed by atoms with E-state index in [2.05, 4.69) is 9.97 Å². The minimum Gasteiger partial charge on any atom is -0.389 e. The van der Waals surface area contributed by atoms with E-state index in [1.54, 1.807) is 6.07 Å². The Kier molecular flexibility index (Phi) is 2.74. The van der Waals surface area contributed by atoms with E-state index in [-0.39, 0.29) is 5.52 Å². The number of nitrogens with zero attached hydrogens (tertiary/aromatic N) is 2. The molecule has 0 aliphatic rings. The summed E-state index contributed by atoms with van der Waals surface area (Å²) in [5, 5.41) is 9.34. The predicted octanol–water partition coefficient (Wildman–Crippen LogP) is 2.70. The first kappa shape index (κ1) is 11.8. The van der Waals surface area contributed by atoms with Crippen molar-refractivity contribution >= 4 is 11.0 Å². The molecule has 0 spiro atoms. The maximum absolute atomic E-state index is 12.4. The van der Waals surface area contributed by atoms with Crippen molar-refractivity contribution in [3.8, 4) is 0 Å². The van der Waals surface area contributed by atoms with Crippen LogP contribution in [0.2, 0.25) is 0 Å². The van der Waals surface area contributed by atoms with Crippen LogP contribution < -0.4 is 0 Å². The van der Waals surface area contributed by atoms with Gasteiger partial charge >= 0.3 is 6.18 Å². The average Bonchev–Trinajstić information content (AvgIpc) is 2.26. The highest BCUT2D eigenvalue weighted by Gasteiger charge is 2.33. The van der Waals surface area contributed by atoms with Crippen LogP contribution in [0.15, 0.2) is 24.4 Å². The summed E-state index contributed by atoms with van der Waals surface area (Å²) in [6.45, 7) is 1.53. The van der Waals surface area contributed by atoms with Crippen molar-refractivity contribution in [1.82, 2.24) is 9.97 Å². The summed E-state index contributed by atoms with van der Waals surface area (Å²) in [6, 6.07) is 4.54. The second-order valence-electron chi connectivity index (χ2n) is 3.68. The fourth-order valence-electron chi connectivity index (χ4n) is 1.42. The Bertz CT molecular complexity index is 552. The summed E-state index contributed by atoms with van der Waals surface area (Å²) in [7, 11) is 0. The van der Waals surface area contributed by atoms with Crippen molar-refractivity contribution in [2.75, 3.05) is 0 Å². The third kappa shape index (κ3) is 2.36. The van der Waals surface area contributed by atoms with Crippen LogP contribution in [0.3, 0.4) is 0 Å². The van der Waals surface area contributed by atoms with Gasteiger partial charge in [-0.15, -0.1) is 0 Å². The fraction of sp³-hybridized carbons (Fsp3) is 0.273. The van der Waals surface area contributed by atoms with Gasteiger partial charge in [-0.3, -0.25) is 4.98 Å². The Morgan fingerprint density at radius 1 is 1.24 bits per heavy atom. The quantitative estimate of drug-likeness (QED) is 0.836. The molecule has 1 aromatic heterocycles. The van der Waals surface area contributed by atoms with Crippen molar-refractivity contribution in [2.24, 2.45) is 0 Å². The average molecular weight is 242 g/mol. The Labute approximate surface area is 94.9 Å². The van der Waals surface area contributed by atoms with Crippen LogP contribution >= 0.6 is 0 Å². The smallest absolute Gasteiger partial charge is 0.389 e. The number of alkyl halides is 3. The van der Waals surface area contributed by atoms with Gasteiger partial charge in [0.2, 0.25) is 0 Å². The zero-order valence-corrected chi connectivity index (χ0v) is 8.86. The second-order valence-corrected chi connectivity index (χ2v) is 3.68. The van der Waals surface area contributed by atoms with Crippen molar-refractivity contribution in [1.29, 1.82) is 0 Å². The molecule has 0 bridgehead atoms. The number of aromatic nitrogens is 2. The van der Waals surface area contributed by atoms with Crippen molar-refractivity contribution in [3.63, 3.8) is 0 Å². The summed E-state index contributed by atoms with van der Waals surface area (Å²) >= 11 is 0. The lowest BCUT2D eigenvalue weighted by atomic mass is 10.1. The largest absolute Gasteiger partial charge is 0.434 e. The maximum Gasteiger partial charge on any atom is 0.434 e. The van der Waals surface area contributed by atoms with E-state index in [0.29, 0.717) is 17.3 Å². The van der Waals surface area contributed by atoms with Gasteiger partial charge in [0.1, 0.15) is 0 Å². The van der Waals surface area contributed by atoms with Crippen LogP contribution in [-0.4, -0.2) is 15.1 Å². The van der Waals surface area contributed by atoms with Gasteiger partial charge in [0.15, 0.2) is 5.69 Å². The lowest BCUT2D eigenvalue weighted by Crippen LogP contribution is -2.08. The zero-order chi connectivity index (χ0) is 12.6. The standard InChI is InChI=1S/C11H9F3N2O/c1-6(17)7-2-3-8-9(4-7)16-10(5-15-8)11(12,13)14/h2-6,17H,1H3. The second kappa shape index (κ2) is 3.96. The molecule has 0 saturated carbocycles. The molecule has 0 saturated heterocycles. The van der Waals surface area contributed by atoms with E-state index in [9.17, 15) is 18.3 Å². The summed E-state index contributed by atoms with van der Waals surface area (Å²) in [5.41, 5.74) is -0.0421. The molecule has 0 aliphatic carbocycles. The highest BCUT2D eigenvalue weighted by atomic mass is 19.4. The molecule has 1 unspecified atom stereocenters. The third-order valence-corrected chi connectivity index (χ3v) is 2.34. The molecule has 2 aromatic rings. The van der Waals surface area contributed by atoms with Crippen LogP contribution in [0.1, 0.15) is 24.3 Å². The van der Waals surface area contributed by atoms with E-state index in [1.165, 1.54) is 19.1 Å². The highest BCUT2D eigenvalue weighted by molar-refractivity contribution is 5.75. The number of benzene rings is 1. The molecule has 0 radical (unpaired) electrons. The van der Waals surface area contributed by atoms with Crippen molar-refractivity contribution < 1.29 is 18.3 Å². The lowest BCUT2D eigenvalue weighted by molar-refractivity contribution is -0.141. The molecule has 0 amide bonds. The molecule has 17 heavy (non-hydrogen) atoms. The minimum absolute atomic E-state index is 0.123. The van der Waals surface area contributed by atoms with Gasteiger partial charge in [-0.25, -0.2) is 4.98 Å². The zero-order valence-electron chi connectivity index (χ0n) is 8.86. The highest BCUT2D eigenvalue weighted by Crippen LogP contribution is 2.28. The Hall–Kier alpha value is -1.69. The topological polar surface area (TPSA) is 46.0 Å². The molecule has 6 heteroatoms. The lowest BCUT2D eigenvalue weighted by Gasteiger charge is -2.08. The first-order valence-corrected chi connectivity index (χ1v) is 4.90. The summed E-state index contributed by atoms with van der Waals surface area (Å²) in [5.74, 6) is 0. The predicted molar refractivity (Wildman–Crippen MR) is 55.2 cm³/mol. The maximum atomic E-state index is 12.4. The van der Waals surface area contributed by atoms with Gasteiger partial charge < -0.3 is 5.11 Å². The summed E-state index contributed by atoms with van der Waals surface area (Å²) in [6.07, 6.45) is -4.57. The summed E-state index contributed by atoms with van der Waals surface area (Å²) < 4.78 is 37.3. The first-order valence-electron chi connectivity index (χ1n) is 4.90. The van der Waals surface area contributed by atoms with Crippen molar-refractivity contribution in [3.05, 3.63) is 35.7 Å². The molecular formula is C11H9F3N2O. The number of rotatable bonds is 1. The molecule has 1 heterocycles. The van der Waals surface area contributed by atoms with E-state index in [1.807, 2.05) is 0 Å². The number of halogens is 3. The SMILES string of the molecule is CC(O)c1ccc2ncc(C(F)(F)F)nc2c1. The number of aliphatic hydroxyl groups is 1. The van der Waals surface area contributed by atoms with Crippen LogP contribution in [-0.2, 0) is 6.18 Å². The van der Waals surface area contributed by atoms with Gasteiger partial charge in [0.25, 0.3) is 0 Å². The molecule has 3 nitrogen and oxygen atoms in total. The Morgan fingerprint density at radius 3 is 2.53 bits per heavy atom. The van der Waals surface area contributed by atoms with E-state index >= 15 is 0 Å². The molecule has 0 aliphatic heterocycles. The Balaban J connectivity index is 2.59. The molecule has 0 fully saturated rings. The van der Waals surface area contributed by atoms with Gasteiger partial charge in [-0.05, 0) is 24.6 Å². The fourth-order valence-corrected chi connectivity index (χ4v) is 1.42. The van der Waals surface area contributed by atoms with E-state index in [0.717, 1.165) is 0 Å². The number of hydrogen-bond donors (Lipinski definition) is 1. The minimum atomic E-state index is -4.51. The number of hydrogen-bond acceptors (Lipinski definition) is 3. The van der Waals surface area contributed by atoms with Gasteiger partial charge in [-0.2, -0.15) is 13.2 Å². The molecule has 1 N–H and O–H groups in total. The van der Waals surface area contributed by atoms with Gasteiger partial charge in [-0.1, -0.05) is 6.07 Å². The van der Waals surface area contributed by atoms with Crippen LogP contribution in [0.25, 0.3) is 11.0 Å². The molecular weight excluding hydrogens is 233 g/mol. The van der Waals surface area contributed by atoms with E-state index in [4.69, 9.17) is 0 Å². The molecule has 2 rings (SSSR count). The van der Waals surface area contributed by atoms with Crippen molar-refractivity contribution in [2.45, 2.75) is 19.2 Å². The van der Waals surface area contributed by atoms with Crippen LogP contribution in [0.4, 0.5) is 13.2 Å². The molecule has 1 aromatic carbocycles. The number of aliphatic hydroxyl groups excluding tert-OH is 1. The Morgan fingerprint density at radius 2 is 1.94 bits per heavy atom. The third-order valence-electron chi connectivity index (χ3n) is 2.34. The number of fused-ring (bicyclic) bond motifs is 1. The monoisotopic (exact) mass is 242 g/mol.